The van der Waals surface area contributed by atoms with Crippen molar-refractivity contribution >= 4 is 17.4 Å². The topological polar surface area (TPSA) is 49.2 Å². The monoisotopic (exact) mass is 311 g/mol. The van der Waals surface area contributed by atoms with Crippen molar-refractivity contribution < 1.29 is 5.11 Å². The van der Waals surface area contributed by atoms with Crippen molar-refractivity contribution in [3.8, 4) is 0 Å². The maximum absolute atomic E-state index is 9.07. The van der Waals surface area contributed by atoms with Gasteiger partial charge in [0.1, 0.15) is 16.8 Å². The molecule has 1 saturated heterocycles. The first kappa shape index (κ1) is 16.5. The maximum atomic E-state index is 9.07. The van der Waals surface area contributed by atoms with Gasteiger partial charge >= 0.3 is 0 Å². The first-order valence-corrected chi connectivity index (χ1v) is 8.14. The molecule has 4 nitrogen and oxygen atoms in total. The Balaban J connectivity index is 2.35. The van der Waals surface area contributed by atoms with E-state index >= 15 is 0 Å². The molecule has 2 heterocycles. The lowest BCUT2D eigenvalue weighted by Crippen LogP contribution is -2.32. The predicted octanol–water partition coefficient (Wildman–Crippen LogP) is 3.48. The molecule has 1 N–H and O–H groups in total. The van der Waals surface area contributed by atoms with Crippen molar-refractivity contribution in [1.82, 2.24) is 9.97 Å². The average molecular weight is 312 g/mol. The molecule has 1 aliphatic rings. The molecule has 0 saturated carbocycles. The lowest BCUT2D eigenvalue weighted by molar-refractivity contribution is 0.279. The molecule has 0 radical (unpaired) electrons. The van der Waals surface area contributed by atoms with Crippen molar-refractivity contribution in [2.24, 2.45) is 0 Å². The van der Waals surface area contributed by atoms with Crippen LogP contribution < -0.4 is 4.90 Å². The van der Waals surface area contributed by atoms with E-state index in [9.17, 15) is 0 Å². The minimum atomic E-state index is -0.119. The van der Waals surface area contributed by atoms with Crippen molar-refractivity contribution in [3.63, 3.8) is 0 Å². The van der Waals surface area contributed by atoms with Gasteiger partial charge in [-0.15, -0.1) is 0 Å². The molecule has 1 aliphatic heterocycles. The summed E-state index contributed by atoms with van der Waals surface area (Å²) in [6.07, 6.45) is 4.17. The second-order valence-corrected chi connectivity index (χ2v) is 7.25. The predicted molar refractivity (Wildman–Crippen MR) is 87.2 cm³/mol. The van der Waals surface area contributed by atoms with Gasteiger partial charge in [0.25, 0.3) is 0 Å². The SMILES string of the molecule is Cc1c(Cl)nc(C(C)(C)C)nc1N1CCCC1CCCO. The fourth-order valence-corrected chi connectivity index (χ4v) is 3.00. The molecule has 0 bridgehead atoms. The van der Waals surface area contributed by atoms with Gasteiger partial charge < -0.3 is 10.0 Å². The third-order valence-electron chi connectivity index (χ3n) is 4.08. The zero-order valence-corrected chi connectivity index (χ0v) is 14.2. The Hall–Kier alpha value is -0.870. The number of halogens is 1. The second-order valence-electron chi connectivity index (χ2n) is 6.89. The van der Waals surface area contributed by atoms with Crippen LogP contribution in [0.15, 0.2) is 0 Å². The molecule has 5 heteroatoms. The normalized spacial score (nSPS) is 19.3. The molecule has 2 rings (SSSR count). The zero-order valence-electron chi connectivity index (χ0n) is 13.5. The van der Waals surface area contributed by atoms with Gasteiger partial charge in [0.2, 0.25) is 0 Å². The largest absolute Gasteiger partial charge is 0.396 e. The summed E-state index contributed by atoms with van der Waals surface area (Å²) in [6, 6.07) is 0.453. The van der Waals surface area contributed by atoms with Crippen LogP contribution in [0.4, 0.5) is 5.82 Å². The van der Waals surface area contributed by atoms with Crippen molar-refractivity contribution in [1.29, 1.82) is 0 Å². The summed E-state index contributed by atoms with van der Waals surface area (Å²) >= 11 is 6.34. The van der Waals surface area contributed by atoms with Gasteiger partial charge in [-0.05, 0) is 32.6 Å². The Morgan fingerprint density at radius 2 is 2.05 bits per heavy atom. The third-order valence-corrected chi connectivity index (χ3v) is 4.44. The zero-order chi connectivity index (χ0) is 15.6. The highest BCUT2D eigenvalue weighted by molar-refractivity contribution is 6.30. The number of hydrogen-bond acceptors (Lipinski definition) is 4. The highest BCUT2D eigenvalue weighted by Gasteiger charge is 2.29. The fourth-order valence-electron chi connectivity index (χ4n) is 2.83. The molecule has 1 aromatic heterocycles. The van der Waals surface area contributed by atoms with E-state index in [2.05, 4.69) is 30.7 Å². The smallest absolute Gasteiger partial charge is 0.137 e. The Bertz CT molecular complexity index is 499. The van der Waals surface area contributed by atoms with Gasteiger partial charge in [-0.1, -0.05) is 32.4 Å². The van der Waals surface area contributed by atoms with Gasteiger partial charge in [0.05, 0.1) is 0 Å². The fraction of sp³-hybridized carbons (Fsp3) is 0.750. The van der Waals surface area contributed by atoms with Crippen LogP contribution in [-0.2, 0) is 5.41 Å². The van der Waals surface area contributed by atoms with Crippen molar-refractivity contribution in [3.05, 3.63) is 16.5 Å². The molecule has 0 spiro atoms. The van der Waals surface area contributed by atoms with Crippen molar-refractivity contribution in [2.75, 3.05) is 18.1 Å². The van der Waals surface area contributed by atoms with Gasteiger partial charge in [0.15, 0.2) is 0 Å². The number of aliphatic hydroxyl groups excluding tert-OH is 1. The van der Waals surface area contributed by atoms with Crippen LogP contribution in [0.5, 0.6) is 0 Å². The van der Waals surface area contributed by atoms with E-state index in [1.807, 2.05) is 6.92 Å². The Morgan fingerprint density at radius 1 is 1.33 bits per heavy atom. The van der Waals surface area contributed by atoms with E-state index in [1.165, 1.54) is 6.42 Å². The molecular weight excluding hydrogens is 286 g/mol. The Morgan fingerprint density at radius 3 is 2.67 bits per heavy atom. The minimum Gasteiger partial charge on any atom is -0.396 e. The molecule has 21 heavy (non-hydrogen) atoms. The molecule has 0 aromatic carbocycles. The molecule has 118 valence electrons. The second kappa shape index (κ2) is 6.49. The summed E-state index contributed by atoms with van der Waals surface area (Å²) in [6.45, 7) is 9.56. The van der Waals surface area contributed by atoms with E-state index in [1.54, 1.807) is 0 Å². The van der Waals surface area contributed by atoms with Crippen LogP contribution in [0, 0.1) is 6.92 Å². The summed E-state index contributed by atoms with van der Waals surface area (Å²) in [7, 11) is 0. The Labute approximate surface area is 132 Å². The van der Waals surface area contributed by atoms with Crippen LogP contribution in [0.1, 0.15) is 57.8 Å². The van der Waals surface area contributed by atoms with Crippen LogP contribution in [-0.4, -0.2) is 34.3 Å². The molecule has 0 amide bonds. The maximum Gasteiger partial charge on any atom is 0.137 e. The highest BCUT2D eigenvalue weighted by Crippen LogP contribution is 2.33. The molecule has 1 aromatic rings. The molecule has 1 unspecified atom stereocenters. The number of hydrogen-bond donors (Lipinski definition) is 1. The van der Waals surface area contributed by atoms with Crippen LogP contribution in [0.25, 0.3) is 0 Å². The number of nitrogens with zero attached hydrogens (tertiary/aromatic N) is 3. The summed E-state index contributed by atoms with van der Waals surface area (Å²) in [5.41, 5.74) is 0.840. The third kappa shape index (κ3) is 3.67. The average Bonchev–Trinajstić information content (AvgIpc) is 2.86. The van der Waals surface area contributed by atoms with Gasteiger partial charge in [0, 0.05) is 30.2 Å². The number of aliphatic hydroxyl groups is 1. The van der Waals surface area contributed by atoms with Crippen LogP contribution >= 0.6 is 11.6 Å². The van der Waals surface area contributed by atoms with E-state index in [4.69, 9.17) is 21.7 Å². The summed E-state index contributed by atoms with van der Waals surface area (Å²) < 4.78 is 0. The lowest BCUT2D eigenvalue weighted by Gasteiger charge is -2.29. The number of rotatable bonds is 4. The summed E-state index contributed by atoms with van der Waals surface area (Å²) in [5, 5.41) is 9.62. The van der Waals surface area contributed by atoms with Crippen LogP contribution in [0.2, 0.25) is 5.15 Å². The molecular formula is C16H26ClN3O. The van der Waals surface area contributed by atoms with E-state index in [0.717, 1.165) is 43.0 Å². The summed E-state index contributed by atoms with van der Waals surface area (Å²) in [5.74, 6) is 1.77. The first-order chi connectivity index (χ1) is 9.84. The van der Waals surface area contributed by atoms with Gasteiger partial charge in [-0.25, -0.2) is 9.97 Å². The number of aromatic nitrogens is 2. The molecule has 1 fully saturated rings. The number of anilines is 1. The van der Waals surface area contributed by atoms with E-state index < -0.39 is 0 Å². The summed E-state index contributed by atoms with van der Waals surface area (Å²) in [4.78, 5) is 11.6. The highest BCUT2D eigenvalue weighted by atomic mass is 35.5. The minimum absolute atomic E-state index is 0.119. The first-order valence-electron chi connectivity index (χ1n) is 7.76. The molecule has 1 atom stereocenters. The van der Waals surface area contributed by atoms with E-state index in [0.29, 0.717) is 11.2 Å². The van der Waals surface area contributed by atoms with Gasteiger partial charge in [-0.3, -0.25) is 0 Å². The quantitative estimate of drug-likeness (QED) is 0.865. The molecule has 0 aliphatic carbocycles. The Kier molecular flexibility index (Phi) is 5.10. The van der Waals surface area contributed by atoms with Crippen molar-refractivity contribution in [2.45, 2.75) is 64.8 Å². The van der Waals surface area contributed by atoms with Gasteiger partial charge in [-0.2, -0.15) is 0 Å². The lowest BCUT2D eigenvalue weighted by atomic mass is 9.95. The van der Waals surface area contributed by atoms with Crippen LogP contribution in [0.3, 0.4) is 0 Å². The van der Waals surface area contributed by atoms with E-state index in [-0.39, 0.29) is 12.0 Å². The standard InChI is InChI=1S/C16H26ClN3O/c1-11-13(17)18-15(16(2,3)4)19-14(11)20-9-5-7-12(20)8-6-10-21/h12,21H,5-10H2,1-4H3.